The molecule has 1 saturated carbocycles. The van der Waals surface area contributed by atoms with Crippen LogP contribution < -0.4 is 0 Å². The molecule has 0 unspecified atom stereocenters. The van der Waals surface area contributed by atoms with Gasteiger partial charge < -0.3 is 14.4 Å². The molecule has 0 spiro atoms. The number of hydrogen-bond acceptors (Lipinski definition) is 2. The minimum absolute atomic E-state index is 0.0624. The molecular formula is C27H38BrN3O2. The molecule has 0 aliphatic heterocycles. The summed E-state index contributed by atoms with van der Waals surface area (Å²) in [4.78, 5) is 30.1. The van der Waals surface area contributed by atoms with Gasteiger partial charge in [0, 0.05) is 41.4 Å². The van der Waals surface area contributed by atoms with E-state index >= 15 is 0 Å². The Morgan fingerprint density at radius 1 is 1.09 bits per heavy atom. The third-order valence-electron chi connectivity index (χ3n) is 6.48. The van der Waals surface area contributed by atoms with Crippen molar-refractivity contribution in [3.63, 3.8) is 0 Å². The lowest BCUT2D eigenvalue weighted by atomic mass is 9.94. The van der Waals surface area contributed by atoms with Crippen LogP contribution in [-0.2, 0) is 22.7 Å². The Kier molecular flexibility index (Phi) is 9.60. The van der Waals surface area contributed by atoms with Gasteiger partial charge in [0.05, 0.1) is 13.1 Å². The molecule has 2 aromatic rings. The molecule has 1 heterocycles. The van der Waals surface area contributed by atoms with Gasteiger partial charge in [-0.25, -0.2) is 0 Å². The van der Waals surface area contributed by atoms with Crippen molar-refractivity contribution in [2.24, 2.45) is 5.92 Å². The Hall–Kier alpha value is -2.08. The van der Waals surface area contributed by atoms with Crippen LogP contribution in [0.5, 0.6) is 0 Å². The number of hydrogen-bond donors (Lipinski definition) is 0. The average molecular weight is 517 g/mol. The number of carbonyl (C=O) groups is 2. The molecule has 1 fully saturated rings. The van der Waals surface area contributed by atoms with Crippen LogP contribution >= 0.6 is 15.9 Å². The minimum atomic E-state index is -0.101. The maximum absolute atomic E-state index is 13.6. The van der Waals surface area contributed by atoms with Crippen LogP contribution in [0.3, 0.4) is 0 Å². The third kappa shape index (κ3) is 7.20. The molecule has 6 heteroatoms. The molecule has 33 heavy (non-hydrogen) atoms. The van der Waals surface area contributed by atoms with Crippen molar-refractivity contribution < 1.29 is 9.59 Å². The SMILES string of the molecule is CCCN(CC(=O)N(Cc1cccn1Cc1ccc(Br)cc1)C1CCCCC1)C(=O)C(C)C. The third-order valence-corrected chi connectivity index (χ3v) is 7.01. The molecule has 0 radical (unpaired) electrons. The predicted molar refractivity (Wildman–Crippen MR) is 137 cm³/mol. The molecule has 0 N–H and O–H groups in total. The predicted octanol–water partition coefficient (Wildman–Crippen LogP) is 5.85. The van der Waals surface area contributed by atoms with E-state index in [0.717, 1.165) is 48.8 Å². The fourth-order valence-electron chi connectivity index (χ4n) is 4.68. The zero-order valence-electron chi connectivity index (χ0n) is 20.3. The van der Waals surface area contributed by atoms with Crippen LogP contribution in [0.1, 0.15) is 70.6 Å². The molecule has 2 amide bonds. The van der Waals surface area contributed by atoms with Crippen molar-refractivity contribution in [3.05, 3.63) is 58.3 Å². The Morgan fingerprint density at radius 3 is 2.42 bits per heavy atom. The van der Waals surface area contributed by atoms with Crippen molar-refractivity contribution in [3.8, 4) is 0 Å². The topological polar surface area (TPSA) is 45.6 Å². The van der Waals surface area contributed by atoms with E-state index in [0.29, 0.717) is 13.1 Å². The second kappa shape index (κ2) is 12.4. The average Bonchev–Trinajstić information content (AvgIpc) is 3.25. The summed E-state index contributed by atoms with van der Waals surface area (Å²) in [5, 5.41) is 0. The van der Waals surface area contributed by atoms with Crippen molar-refractivity contribution in [1.29, 1.82) is 0 Å². The van der Waals surface area contributed by atoms with Crippen LogP contribution in [0, 0.1) is 5.92 Å². The first-order valence-electron chi connectivity index (χ1n) is 12.4. The van der Waals surface area contributed by atoms with Crippen molar-refractivity contribution in [2.75, 3.05) is 13.1 Å². The van der Waals surface area contributed by atoms with Crippen LogP contribution in [-0.4, -0.2) is 45.3 Å². The maximum atomic E-state index is 13.6. The maximum Gasteiger partial charge on any atom is 0.242 e. The zero-order valence-corrected chi connectivity index (χ0v) is 21.9. The highest BCUT2D eigenvalue weighted by Gasteiger charge is 2.29. The van der Waals surface area contributed by atoms with Crippen molar-refractivity contribution >= 4 is 27.7 Å². The molecule has 1 aromatic heterocycles. The molecule has 1 aliphatic rings. The number of rotatable bonds is 10. The van der Waals surface area contributed by atoms with E-state index in [1.165, 1.54) is 12.0 Å². The van der Waals surface area contributed by atoms with Gasteiger partial charge in [0.1, 0.15) is 0 Å². The number of aromatic nitrogens is 1. The summed E-state index contributed by atoms with van der Waals surface area (Å²) in [6.07, 6.45) is 8.61. The first-order chi connectivity index (χ1) is 15.9. The van der Waals surface area contributed by atoms with Gasteiger partial charge in [0.15, 0.2) is 0 Å². The van der Waals surface area contributed by atoms with E-state index in [1.54, 1.807) is 4.90 Å². The number of amides is 2. The Bertz CT molecular complexity index is 900. The van der Waals surface area contributed by atoms with Gasteiger partial charge in [0.25, 0.3) is 0 Å². The van der Waals surface area contributed by atoms with Gasteiger partial charge in [0.2, 0.25) is 11.8 Å². The summed E-state index contributed by atoms with van der Waals surface area (Å²) < 4.78 is 3.30. The monoisotopic (exact) mass is 515 g/mol. The highest BCUT2D eigenvalue weighted by atomic mass is 79.9. The number of nitrogens with zero attached hydrogens (tertiary/aromatic N) is 3. The lowest BCUT2D eigenvalue weighted by Crippen LogP contribution is -2.48. The molecule has 5 nitrogen and oxygen atoms in total. The summed E-state index contributed by atoms with van der Waals surface area (Å²) in [6, 6.07) is 12.8. The molecule has 180 valence electrons. The Labute approximate surface area is 207 Å². The lowest BCUT2D eigenvalue weighted by molar-refractivity contribution is -0.144. The summed E-state index contributed by atoms with van der Waals surface area (Å²) in [5.74, 6) is 0.0313. The number of carbonyl (C=O) groups excluding carboxylic acids is 2. The fourth-order valence-corrected chi connectivity index (χ4v) is 4.94. The minimum Gasteiger partial charge on any atom is -0.345 e. The Balaban J connectivity index is 1.78. The highest BCUT2D eigenvalue weighted by molar-refractivity contribution is 9.10. The van der Waals surface area contributed by atoms with Gasteiger partial charge in [-0.2, -0.15) is 0 Å². The first-order valence-corrected chi connectivity index (χ1v) is 13.1. The van der Waals surface area contributed by atoms with Gasteiger partial charge in [-0.05, 0) is 49.1 Å². The second-order valence-electron chi connectivity index (χ2n) is 9.48. The molecule has 3 rings (SSSR count). The van der Waals surface area contributed by atoms with E-state index in [4.69, 9.17) is 0 Å². The summed E-state index contributed by atoms with van der Waals surface area (Å²) >= 11 is 3.50. The van der Waals surface area contributed by atoms with Gasteiger partial charge >= 0.3 is 0 Å². The van der Waals surface area contributed by atoms with Gasteiger partial charge in [-0.1, -0.05) is 68.1 Å². The molecule has 0 bridgehead atoms. The molecule has 0 atom stereocenters. The van der Waals surface area contributed by atoms with Crippen molar-refractivity contribution in [1.82, 2.24) is 14.4 Å². The Morgan fingerprint density at radius 2 is 1.79 bits per heavy atom. The van der Waals surface area contributed by atoms with Gasteiger partial charge in [-0.3, -0.25) is 9.59 Å². The molecule has 1 aromatic carbocycles. The highest BCUT2D eigenvalue weighted by Crippen LogP contribution is 2.25. The largest absolute Gasteiger partial charge is 0.345 e. The first kappa shape index (κ1) is 25.5. The smallest absolute Gasteiger partial charge is 0.242 e. The lowest BCUT2D eigenvalue weighted by Gasteiger charge is -2.36. The van der Waals surface area contributed by atoms with E-state index in [1.807, 2.05) is 13.8 Å². The standard InChI is InChI=1S/C27H38BrN3O2/c1-4-16-30(27(33)21(2)3)20-26(32)31(24-9-6-5-7-10-24)19-25-11-8-17-29(25)18-22-12-14-23(28)15-13-22/h8,11-15,17,21,24H,4-7,9-10,16,18-20H2,1-3H3. The number of benzene rings is 1. The number of halogens is 1. The quantitative estimate of drug-likeness (QED) is 0.398. The van der Waals surface area contributed by atoms with Crippen LogP contribution in [0.15, 0.2) is 47.1 Å². The summed E-state index contributed by atoms with van der Waals surface area (Å²) in [7, 11) is 0. The summed E-state index contributed by atoms with van der Waals surface area (Å²) in [5.41, 5.74) is 2.36. The van der Waals surface area contributed by atoms with Crippen LogP contribution in [0.25, 0.3) is 0 Å². The summed E-state index contributed by atoms with van der Waals surface area (Å²) in [6.45, 7) is 8.03. The normalized spacial score (nSPS) is 14.5. The van der Waals surface area contributed by atoms with E-state index in [2.05, 4.69) is 74.9 Å². The molecule has 0 saturated heterocycles. The van der Waals surface area contributed by atoms with E-state index in [-0.39, 0.29) is 30.3 Å². The van der Waals surface area contributed by atoms with Crippen LogP contribution in [0.4, 0.5) is 0 Å². The molecular weight excluding hydrogens is 478 g/mol. The van der Waals surface area contributed by atoms with E-state index < -0.39 is 0 Å². The van der Waals surface area contributed by atoms with Gasteiger partial charge in [-0.15, -0.1) is 0 Å². The second-order valence-corrected chi connectivity index (χ2v) is 10.4. The zero-order chi connectivity index (χ0) is 23.8. The van der Waals surface area contributed by atoms with Crippen molar-refractivity contribution in [2.45, 2.75) is 78.4 Å². The molecule has 1 aliphatic carbocycles. The van der Waals surface area contributed by atoms with Crippen LogP contribution in [0.2, 0.25) is 0 Å². The fraction of sp³-hybridized carbons (Fsp3) is 0.556. The van der Waals surface area contributed by atoms with E-state index in [9.17, 15) is 9.59 Å².